The van der Waals surface area contributed by atoms with Gasteiger partial charge in [0.15, 0.2) is 17.0 Å². The SMILES string of the molecule is CCC(=O)N[C@H]1C[C@@H](n2cnc3c(NCC4c5ccccc5-c5ccccc54)nc(N4CC[C@@H](N)C4)nc32)[C@H](O)[C@@H]1O. The molecule has 1 saturated heterocycles. The van der Waals surface area contributed by atoms with Gasteiger partial charge in [-0.2, -0.15) is 9.97 Å². The molecule has 1 saturated carbocycles. The molecule has 218 valence electrons. The number of fused-ring (bicyclic) bond motifs is 4. The molecule has 0 unspecified atom stereocenters. The lowest BCUT2D eigenvalue weighted by molar-refractivity contribution is -0.122. The van der Waals surface area contributed by atoms with E-state index in [0.29, 0.717) is 48.9 Å². The van der Waals surface area contributed by atoms with Crippen molar-refractivity contribution in [3.8, 4) is 11.1 Å². The monoisotopic (exact) mass is 568 g/mol. The molecule has 6 N–H and O–H groups in total. The molecule has 1 aliphatic heterocycles. The van der Waals surface area contributed by atoms with Crippen LogP contribution in [0.15, 0.2) is 54.9 Å². The molecule has 0 spiro atoms. The maximum absolute atomic E-state index is 12.1. The molecule has 2 aromatic heterocycles. The second-order valence-electron chi connectivity index (χ2n) is 11.6. The number of aromatic nitrogens is 4. The molecule has 3 heterocycles. The Bertz CT molecular complexity index is 1590. The molecule has 2 aliphatic carbocycles. The molecule has 7 rings (SSSR count). The summed E-state index contributed by atoms with van der Waals surface area (Å²) in [5.41, 5.74) is 12.4. The van der Waals surface area contributed by atoms with Gasteiger partial charge in [0.25, 0.3) is 0 Å². The summed E-state index contributed by atoms with van der Waals surface area (Å²) in [7, 11) is 0. The van der Waals surface area contributed by atoms with Crippen LogP contribution in [0.25, 0.3) is 22.3 Å². The fraction of sp³-hybridized carbons (Fsp3) is 0.419. The van der Waals surface area contributed by atoms with E-state index in [-0.39, 0.29) is 17.9 Å². The third kappa shape index (κ3) is 4.48. The van der Waals surface area contributed by atoms with Crippen molar-refractivity contribution in [2.24, 2.45) is 5.73 Å². The maximum atomic E-state index is 12.1. The Hall–Kier alpha value is -4.06. The van der Waals surface area contributed by atoms with Gasteiger partial charge in [-0.05, 0) is 35.1 Å². The Kier molecular flexibility index (Phi) is 6.80. The molecule has 4 aromatic rings. The minimum atomic E-state index is -1.10. The lowest BCUT2D eigenvalue weighted by Gasteiger charge is -2.21. The topological polar surface area (TPSA) is 154 Å². The average molecular weight is 569 g/mol. The van der Waals surface area contributed by atoms with Gasteiger partial charge in [0.2, 0.25) is 11.9 Å². The summed E-state index contributed by atoms with van der Waals surface area (Å²) in [6.45, 7) is 3.77. The number of imidazole rings is 1. The molecular formula is C31H36N8O3. The van der Waals surface area contributed by atoms with Crippen LogP contribution in [0.3, 0.4) is 0 Å². The smallest absolute Gasteiger partial charge is 0.229 e. The number of aliphatic hydroxyl groups excluding tert-OH is 2. The van der Waals surface area contributed by atoms with Crippen molar-refractivity contribution < 1.29 is 15.0 Å². The van der Waals surface area contributed by atoms with Gasteiger partial charge in [-0.25, -0.2) is 4.98 Å². The summed E-state index contributed by atoms with van der Waals surface area (Å²) in [5, 5.41) is 28.2. The van der Waals surface area contributed by atoms with E-state index in [0.717, 1.165) is 13.0 Å². The summed E-state index contributed by atoms with van der Waals surface area (Å²) >= 11 is 0. The molecule has 11 heteroatoms. The van der Waals surface area contributed by atoms with Crippen LogP contribution < -0.4 is 21.3 Å². The molecule has 42 heavy (non-hydrogen) atoms. The first kappa shape index (κ1) is 26.8. The highest BCUT2D eigenvalue weighted by Crippen LogP contribution is 2.44. The van der Waals surface area contributed by atoms with Crippen molar-refractivity contribution >= 4 is 28.8 Å². The van der Waals surface area contributed by atoms with E-state index in [2.05, 4.69) is 64.1 Å². The number of benzene rings is 2. The normalized spacial score (nSPS) is 25.1. The first-order valence-electron chi connectivity index (χ1n) is 14.8. The van der Waals surface area contributed by atoms with Crippen LogP contribution in [0.2, 0.25) is 0 Å². The largest absolute Gasteiger partial charge is 0.388 e. The number of anilines is 2. The Morgan fingerprint density at radius 3 is 2.43 bits per heavy atom. The summed E-state index contributed by atoms with van der Waals surface area (Å²) in [5.74, 6) is 1.14. The summed E-state index contributed by atoms with van der Waals surface area (Å²) in [6.07, 6.45) is 0.968. The molecule has 1 amide bonds. The standard InChI is InChI=1S/C31H36N8O3/c1-2-25(40)35-23-13-24(28(42)27(23)41)39-16-34-26-29(36-31(37-30(26)39)38-12-11-17(32)15-38)33-14-22-20-9-5-3-7-18(20)19-8-4-6-10-21(19)22/h3-10,16-17,22-24,27-28,41-42H,2,11-15,32H2,1H3,(H,35,40)(H,33,36,37)/t17-,23+,24-,27-,28+/m1/s1. The van der Waals surface area contributed by atoms with Crippen LogP contribution in [-0.4, -0.2) is 79.6 Å². The number of hydrogen-bond acceptors (Lipinski definition) is 9. The molecular weight excluding hydrogens is 532 g/mol. The number of nitrogens with two attached hydrogens (primary N) is 1. The van der Waals surface area contributed by atoms with Gasteiger partial charge in [-0.3, -0.25) is 4.79 Å². The van der Waals surface area contributed by atoms with Crippen LogP contribution in [0.4, 0.5) is 11.8 Å². The zero-order chi connectivity index (χ0) is 29.0. The number of nitrogens with zero attached hydrogens (tertiary/aromatic N) is 5. The number of nitrogens with one attached hydrogen (secondary N) is 2. The highest BCUT2D eigenvalue weighted by atomic mass is 16.3. The van der Waals surface area contributed by atoms with E-state index in [1.165, 1.54) is 22.3 Å². The van der Waals surface area contributed by atoms with Gasteiger partial charge in [-0.1, -0.05) is 55.5 Å². The highest BCUT2D eigenvalue weighted by molar-refractivity contribution is 5.85. The predicted octanol–water partition coefficient (Wildman–Crippen LogP) is 2.15. The van der Waals surface area contributed by atoms with Crippen molar-refractivity contribution in [3.05, 3.63) is 66.0 Å². The van der Waals surface area contributed by atoms with Gasteiger partial charge in [0, 0.05) is 38.0 Å². The van der Waals surface area contributed by atoms with Gasteiger partial charge in [-0.15, -0.1) is 0 Å². The molecule has 0 radical (unpaired) electrons. The predicted molar refractivity (Wildman–Crippen MR) is 160 cm³/mol. The summed E-state index contributed by atoms with van der Waals surface area (Å²) in [6, 6.07) is 16.0. The second-order valence-corrected chi connectivity index (χ2v) is 11.6. The Labute approximate surface area is 243 Å². The van der Waals surface area contributed by atoms with E-state index >= 15 is 0 Å². The van der Waals surface area contributed by atoms with Crippen LogP contribution >= 0.6 is 0 Å². The Morgan fingerprint density at radius 2 is 1.76 bits per heavy atom. The number of carbonyl (C=O) groups excluding carboxylic acids is 1. The lowest BCUT2D eigenvalue weighted by atomic mass is 9.97. The van der Waals surface area contributed by atoms with E-state index in [1.807, 2.05) is 4.57 Å². The number of aliphatic hydroxyl groups is 2. The molecule has 5 atom stereocenters. The molecule has 2 aromatic carbocycles. The Balaban J connectivity index is 1.24. The highest BCUT2D eigenvalue weighted by Gasteiger charge is 2.44. The number of amides is 1. The van der Waals surface area contributed by atoms with E-state index < -0.39 is 24.3 Å². The first-order valence-corrected chi connectivity index (χ1v) is 14.8. The van der Waals surface area contributed by atoms with E-state index in [1.54, 1.807) is 13.3 Å². The zero-order valence-electron chi connectivity index (χ0n) is 23.5. The maximum Gasteiger partial charge on any atom is 0.229 e. The van der Waals surface area contributed by atoms with Crippen LogP contribution in [0.5, 0.6) is 0 Å². The fourth-order valence-electron chi connectivity index (χ4n) is 6.80. The molecule has 3 aliphatic rings. The first-order chi connectivity index (χ1) is 20.4. The quantitative estimate of drug-likeness (QED) is 0.226. The van der Waals surface area contributed by atoms with E-state index in [9.17, 15) is 15.0 Å². The zero-order valence-corrected chi connectivity index (χ0v) is 23.5. The van der Waals surface area contributed by atoms with Gasteiger partial charge in [0.05, 0.1) is 18.4 Å². The molecule has 11 nitrogen and oxygen atoms in total. The van der Waals surface area contributed by atoms with Crippen LogP contribution in [-0.2, 0) is 4.79 Å². The average Bonchev–Trinajstić information content (AvgIpc) is 3.77. The van der Waals surface area contributed by atoms with Crippen molar-refractivity contribution in [1.82, 2.24) is 24.8 Å². The van der Waals surface area contributed by atoms with Crippen molar-refractivity contribution in [2.75, 3.05) is 29.9 Å². The number of hydrogen-bond donors (Lipinski definition) is 5. The summed E-state index contributed by atoms with van der Waals surface area (Å²) in [4.78, 5) is 28.7. The second kappa shape index (κ2) is 10.6. The molecule has 0 bridgehead atoms. The lowest BCUT2D eigenvalue weighted by Crippen LogP contribution is -2.42. The van der Waals surface area contributed by atoms with Crippen LogP contribution in [0, 0.1) is 0 Å². The van der Waals surface area contributed by atoms with Crippen molar-refractivity contribution in [2.45, 2.75) is 62.4 Å². The molecule has 2 fully saturated rings. The van der Waals surface area contributed by atoms with Gasteiger partial charge >= 0.3 is 0 Å². The van der Waals surface area contributed by atoms with Crippen molar-refractivity contribution in [1.29, 1.82) is 0 Å². The van der Waals surface area contributed by atoms with E-state index in [4.69, 9.17) is 20.7 Å². The number of carbonyl (C=O) groups is 1. The fourth-order valence-corrected chi connectivity index (χ4v) is 6.80. The van der Waals surface area contributed by atoms with Crippen LogP contribution in [0.1, 0.15) is 49.3 Å². The third-order valence-electron chi connectivity index (χ3n) is 9.03. The van der Waals surface area contributed by atoms with Gasteiger partial charge < -0.3 is 36.0 Å². The minimum absolute atomic E-state index is 0.0480. The van der Waals surface area contributed by atoms with Crippen molar-refractivity contribution in [3.63, 3.8) is 0 Å². The summed E-state index contributed by atoms with van der Waals surface area (Å²) < 4.78 is 1.81. The minimum Gasteiger partial charge on any atom is -0.388 e. The Morgan fingerprint density at radius 1 is 1.05 bits per heavy atom. The third-order valence-corrected chi connectivity index (χ3v) is 9.03. The number of rotatable bonds is 7. The van der Waals surface area contributed by atoms with Gasteiger partial charge in [0.1, 0.15) is 12.2 Å².